The molecule has 3 N–H and O–H groups in total. The van der Waals surface area contributed by atoms with Gasteiger partial charge < -0.3 is 11.1 Å². The SMILES string of the molecule is N#Cc1cc(NC2CCCC(N)C2)ccc1F. The molecule has 2 unspecified atom stereocenters. The van der Waals surface area contributed by atoms with Crippen LogP contribution in [-0.4, -0.2) is 12.1 Å². The van der Waals surface area contributed by atoms with Crippen molar-refractivity contribution in [3.63, 3.8) is 0 Å². The number of hydrogen-bond acceptors (Lipinski definition) is 3. The number of hydrogen-bond donors (Lipinski definition) is 2. The van der Waals surface area contributed by atoms with E-state index in [0.717, 1.165) is 31.4 Å². The molecule has 1 aliphatic rings. The van der Waals surface area contributed by atoms with Gasteiger partial charge in [-0.2, -0.15) is 5.26 Å². The number of rotatable bonds is 2. The molecule has 1 aromatic carbocycles. The molecule has 0 aliphatic heterocycles. The second kappa shape index (κ2) is 5.15. The van der Waals surface area contributed by atoms with E-state index in [2.05, 4.69) is 5.32 Å². The Bertz CT molecular complexity index is 439. The van der Waals surface area contributed by atoms with Crippen molar-refractivity contribution in [2.45, 2.75) is 37.8 Å². The second-order valence-corrected chi connectivity index (χ2v) is 4.57. The average Bonchev–Trinajstić information content (AvgIpc) is 2.32. The molecule has 0 bridgehead atoms. The summed E-state index contributed by atoms with van der Waals surface area (Å²) < 4.78 is 13.1. The highest BCUT2D eigenvalue weighted by Crippen LogP contribution is 2.22. The maximum atomic E-state index is 13.1. The van der Waals surface area contributed by atoms with Crippen LogP contribution in [0.3, 0.4) is 0 Å². The normalized spacial score (nSPS) is 24.1. The minimum atomic E-state index is -0.474. The van der Waals surface area contributed by atoms with Gasteiger partial charge in [-0.15, -0.1) is 0 Å². The van der Waals surface area contributed by atoms with E-state index >= 15 is 0 Å². The lowest BCUT2D eigenvalue weighted by Gasteiger charge is -2.28. The number of nitriles is 1. The highest BCUT2D eigenvalue weighted by Gasteiger charge is 2.19. The fourth-order valence-electron chi connectivity index (χ4n) is 2.30. The van der Waals surface area contributed by atoms with Crippen LogP contribution >= 0.6 is 0 Å². The van der Waals surface area contributed by atoms with Gasteiger partial charge in [-0.05, 0) is 43.9 Å². The standard InChI is InChI=1S/C13H16FN3/c14-13-5-4-12(6-9(13)8-15)17-11-3-1-2-10(16)7-11/h4-6,10-11,17H,1-3,7,16H2. The van der Waals surface area contributed by atoms with Crippen LogP contribution in [0.25, 0.3) is 0 Å². The topological polar surface area (TPSA) is 61.8 Å². The maximum Gasteiger partial charge on any atom is 0.141 e. The molecular formula is C13H16FN3. The molecule has 0 aromatic heterocycles. The van der Waals surface area contributed by atoms with Crippen LogP contribution in [0.4, 0.5) is 10.1 Å². The van der Waals surface area contributed by atoms with Crippen LogP contribution in [0.1, 0.15) is 31.2 Å². The average molecular weight is 233 g/mol. The summed E-state index contributed by atoms with van der Waals surface area (Å²) in [5.74, 6) is -0.474. The summed E-state index contributed by atoms with van der Waals surface area (Å²) in [5.41, 5.74) is 6.78. The van der Waals surface area contributed by atoms with Crippen LogP contribution in [0.5, 0.6) is 0 Å². The molecule has 3 nitrogen and oxygen atoms in total. The molecule has 0 saturated heterocycles. The molecular weight excluding hydrogens is 217 g/mol. The molecule has 90 valence electrons. The maximum absolute atomic E-state index is 13.1. The Balaban J connectivity index is 2.06. The van der Waals surface area contributed by atoms with E-state index in [1.165, 1.54) is 6.07 Å². The van der Waals surface area contributed by atoms with Crippen molar-refractivity contribution in [2.24, 2.45) is 5.73 Å². The predicted molar refractivity (Wildman–Crippen MR) is 65.0 cm³/mol. The number of nitrogens with zero attached hydrogens (tertiary/aromatic N) is 1. The van der Waals surface area contributed by atoms with Crippen molar-refractivity contribution in [1.82, 2.24) is 0 Å². The van der Waals surface area contributed by atoms with Crippen molar-refractivity contribution in [3.05, 3.63) is 29.6 Å². The van der Waals surface area contributed by atoms with Crippen LogP contribution in [0.2, 0.25) is 0 Å². The molecule has 17 heavy (non-hydrogen) atoms. The zero-order valence-electron chi connectivity index (χ0n) is 9.62. The van der Waals surface area contributed by atoms with Gasteiger partial charge in [0.05, 0.1) is 5.56 Å². The number of benzene rings is 1. The monoisotopic (exact) mass is 233 g/mol. The van der Waals surface area contributed by atoms with E-state index in [1.807, 2.05) is 6.07 Å². The molecule has 1 aromatic rings. The van der Waals surface area contributed by atoms with Gasteiger partial charge >= 0.3 is 0 Å². The molecule has 0 spiro atoms. The van der Waals surface area contributed by atoms with Gasteiger partial charge in [0, 0.05) is 17.8 Å². The summed E-state index contributed by atoms with van der Waals surface area (Å²) >= 11 is 0. The van der Waals surface area contributed by atoms with E-state index in [1.54, 1.807) is 12.1 Å². The first-order valence-corrected chi connectivity index (χ1v) is 5.91. The van der Waals surface area contributed by atoms with Crippen molar-refractivity contribution >= 4 is 5.69 Å². The molecule has 1 saturated carbocycles. The first-order valence-electron chi connectivity index (χ1n) is 5.91. The predicted octanol–water partition coefficient (Wildman–Crippen LogP) is 2.38. The lowest BCUT2D eigenvalue weighted by Crippen LogP contribution is -2.34. The molecule has 2 atom stereocenters. The van der Waals surface area contributed by atoms with Crippen LogP contribution in [0.15, 0.2) is 18.2 Å². The second-order valence-electron chi connectivity index (χ2n) is 4.57. The van der Waals surface area contributed by atoms with Crippen molar-refractivity contribution in [3.8, 4) is 6.07 Å². The van der Waals surface area contributed by atoms with Gasteiger partial charge in [0.15, 0.2) is 0 Å². The Kier molecular flexibility index (Phi) is 3.60. The van der Waals surface area contributed by atoms with E-state index in [9.17, 15) is 4.39 Å². The lowest BCUT2D eigenvalue weighted by molar-refractivity contribution is 0.409. The fraction of sp³-hybridized carbons (Fsp3) is 0.462. The number of nitrogens with one attached hydrogen (secondary N) is 1. The van der Waals surface area contributed by atoms with Crippen molar-refractivity contribution in [2.75, 3.05) is 5.32 Å². The largest absolute Gasteiger partial charge is 0.382 e. The fourth-order valence-corrected chi connectivity index (χ4v) is 2.30. The van der Waals surface area contributed by atoms with Gasteiger partial charge in [0.1, 0.15) is 11.9 Å². The Labute approximate surface area is 100 Å². The van der Waals surface area contributed by atoms with Gasteiger partial charge in [-0.1, -0.05) is 0 Å². The third-order valence-corrected chi connectivity index (χ3v) is 3.17. The third-order valence-electron chi connectivity index (χ3n) is 3.17. The quantitative estimate of drug-likeness (QED) is 0.824. The zero-order chi connectivity index (χ0) is 12.3. The summed E-state index contributed by atoms with van der Waals surface area (Å²) in [6.07, 6.45) is 4.20. The summed E-state index contributed by atoms with van der Waals surface area (Å²) in [6, 6.07) is 6.96. The smallest absolute Gasteiger partial charge is 0.141 e. The van der Waals surface area contributed by atoms with Gasteiger partial charge in [-0.3, -0.25) is 0 Å². The van der Waals surface area contributed by atoms with Gasteiger partial charge in [0.25, 0.3) is 0 Å². The van der Waals surface area contributed by atoms with E-state index < -0.39 is 5.82 Å². The Hall–Kier alpha value is -1.60. The van der Waals surface area contributed by atoms with Gasteiger partial charge in [-0.25, -0.2) is 4.39 Å². The van der Waals surface area contributed by atoms with E-state index in [-0.39, 0.29) is 11.6 Å². The van der Waals surface area contributed by atoms with Crippen molar-refractivity contribution in [1.29, 1.82) is 5.26 Å². The number of anilines is 1. The highest BCUT2D eigenvalue weighted by atomic mass is 19.1. The summed E-state index contributed by atoms with van der Waals surface area (Å²) in [7, 11) is 0. The van der Waals surface area contributed by atoms with E-state index in [4.69, 9.17) is 11.0 Å². The summed E-state index contributed by atoms with van der Waals surface area (Å²) in [4.78, 5) is 0. The molecule has 1 fully saturated rings. The minimum Gasteiger partial charge on any atom is -0.382 e. The lowest BCUT2D eigenvalue weighted by atomic mass is 9.91. The number of halogens is 1. The van der Waals surface area contributed by atoms with Gasteiger partial charge in [0.2, 0.25) is 0 Å². The van der Waals surface area contributed by atoms with Crippen LogP contribution in [-0.2, 0) is 0 Å². The summed E-state index contributed by atoms with van der Waals surface area (Å²) in [6.45, 7) is 0. The first-order chi connectivity index (χ1) is 8.19. The van der Waals surface area contributed by atoms with Crippen LogP contribution < -0.4 is 11.1 Å². The zero-order valence-corrected chi connectivity index (χ0v) is 9.62. The highest BCUT2D eigenvalue weighted by molar-refractivity contribution is 5.50. The molecule has 0 amide bonds. The number of nitrogens with two attached hydrogens (primary N) is 1. The molecule has 1 aliphatic carbocycles. The Morgan fingerprint density at radius 3 is 2.94 bits per heavy atom. The molecule has 2 rings (SSSR count). The Morgan fingerprint density at radius 1 is 1.41 bits per heavy atom. The molecule has 0 radical (unpaired) electrons. The first kappa shape index (κ1) is 11.9. The Morgan fingerprint density at radius 2 is 2.24 bits per heavy atom. The third kappa shape index (κ3) is 2.95. The van der Waals surface area contributed by atoms with E-state index in [0.29, 0.717) is 6.04 Å². The summed E-state index contributed by atoms with van der Waals surface area (Å²) in [5, 5.41) is 12.1. The van der Waals surface area contributed by atoms with Crippen molar-refractivity contribution < 1.29 is 4.39 Å². The molecule has 0 heterocycles. The van der Waals surface area contributed by atoms with Crippen LogP contribution in [0, 0.1) is 17.1 Å². The minimum absolute atomic E-state index is 0.0788. The molecule has 4 heteroatoms.